The first-order valence-electron chi connectivity index (χ1n) is 12.2. The molecule has 36 heavy (non-hydrogen) atoms. The molecule has 0 saturated carbocycles. The Labute approximate surface area is 214 Å². The van der Waals surface area contributed by atoms with Crippen LogP contribution in [0.15, 0.2) is 65.6 Å². The summed E-state index contributed by atoms with van der Waals surface area (Å²) < 4.78 is 56.9. The highest BCUT2D eigenvalue weighted by Crippen LogP contribution is 2.38. The number of hydrogen-bond donors (Lipinski definition) is 1. The van der Waals surface area contributed by atoms with Crippen LogP contribution in [0.25, 0.3) is 0 Å². The maximum absolute atomic E-state index is 13.7. The highest BCUT2D eigenvalue weighted by molar-refractivity contribution is 7.89. The maximum Gasteiger partial charge on any atom is 0.279 e. The number of carbonyl (C=O) groups excluding carboxylic acids is 1. The molecule has 9 nitrogen and oxygen atoms in total. The largest absolute Gasteiger partial charge is 0.342 e. The molecular weight excluding hydrogens is 500 g/mol. The standard InChI is InChI=1S/C25H34N4O5S2/c1-27(2)36(33,34)26-22-15-17-28(18-16-22)25(30)21-13-14-24(20-9-5-3-6-10-20)29(19-21)35(31,32)23-11-7-4-8-12-23/h3-12,21-22,24,26H,13-19H2,1-2H3/t21-,24?/m1/s1. The van der Waals surface area contributed by atoms with Crippen molar-refractivity contribution in [2.45, 2.75) is 42.7 Å². The third kappa shape index (κ3) is 5.81. The van der Waals surface area contributed by atoms with Crippen LogP contribution in [0.4, 0.5) is 0 Å². The van der Waals surface area contributed by atoms with Gasteiger partial charge in [-0.3, -0.25) is 4.79 Å². The van der Waals surface area contributed by atoms with Gasteiger partial charge in [-0.25, -0.2) is 8.42 Å². The predicted octanol–water partition coefficient (Wildman–Crippen LogP) is 2.22. The zero-order chi connectivity index (χ0) is 25.9. The molecule has 0 radical (unpaired) electrons. The normalized spacial score (nSPS) is 22.6. The Hall–Kier alpha value is -2.31. The van der Waals surface area contributed by atoms with Crippen LogP contribution in [0.3, 0.4) is 0 Å². The molecule has 0 aromatic heterocycles. The number of benzene rings is 2. The number of carbonyl (C=O) groups is 1. The maximum atomic E-state index is 13.7. The van der Waals surface area contributed by atoms with E-state index in [0.717, 1.165) is 9.87 Å². The quantitative estimate of drug-likeness (QED) is 0.586. The summed E-state index contributed by atoms with van der Waals surface area (Å²) in [6, 6.07) is 17.3. The summed E-state index contributed by atoms with van der Waals surface area (Å²) in [5.74, 6) is -0.512. The number of sulfonamides is 1. The summed E-state index contributed by atoms with van der Waals surface area (Å²) in [7, 11) is -4.40. The van der Waals surface area contributed by atoms with E-state index >= 15 is 0 Å². The summed E-state index contributed by atoms with van der Waals surface area (Å²) >= 11 is 0. The van der Waals surface area contributed by atoms with Gasteiger partial charge in [0.05, 0.1) is 16.9 Å². The molecule has 2 aromatic carbocycles. The van der Waals surface area contributed by atoms with E-state index in [-0.39, 0.29) is 29.4 Å². The minimum absolute atomic E-state index is 0.0660. The first-order chi connectivity index (χ1) is 17.1. The molecule has 2 atom stereocenters. The van der Waals surface area contributed by atoms with Crippen LogP contribution in [0.5, 0.6) is 0 Å². The lowest BCUT2D eigenvalue weighted by molar-refractivity contribution is -0.138. The van der Waals surface area contributed by atoms with Gasteiger partial charge in [0.15, 0.2) is 0 Å². The van der Waals surface area contributed by atoms with Crippen molar-refractivity contribution in [3.8, 4) is 0 Å². The Bertz CT molecular complexity index is 1250. The van der Waals surface area contributed by atoms with Crippen molar-refractivity contribution in [2.24, 2.45) is 5.92 Å². The first-order valence-corrected chi connectivity index (χ1v) is 15.1. The molecule has 11 heteroatoms. The minimum Gasteiger partial charge on any atom is -0.342 e. The third-order valence-electron chi connectivity index (χ3n) is 7.02. The third-order valence-corrected chi connectivity index (χ3v) is 10.5. The lowest BCUT2D eigenvalue weighted by Crippen LogP contribution is -2.52. The number of amides is 1. The van der Waals surface area contributed by atoms with E-state index < -0.39 is 26.2 Å². The van der Waals surface area contributed by atoms with Gasteiger partial charge in [-0.2, -0.15) is 21.8 Å². The summed E-state index contributed by atoms with van der Waals surface area (Å²) in [5.41, 5.74) is 0.914. The Morgan fingerprint density at radius 2 is 1.44 bits per heavy atom. The van der Waals surface area contributed by atoms with Crippen molar-refractivity contribution >= 4 is 26.1 Å². The van der Waals surface area contributed by atoms with Gasteiger partial charge in [0.25, 0.3) is 10.2 Å². The van der Waals surface area contributed by atoms with Crippen molar-refractivity contribution in [3.63, 3.8) is 0 Å². The van der Waals surface area contributed by atoms with Crippen LogP contribution in [0.2, 0.25) is 0 Å². The van der Waals surface area contributed by atoms with E-state index in [4.69, 9.17) is 0 Å². The van der Waals surface area contributed by atoms with Crippen LogP contribution < -0.4 is 4.72 Å². The number of nitrogens with zero attached hydrogens (tertiary/aromatic N) is 3. The second-order valence-corrected chi connectivity index (χ2v) is 13.4. The van der Waals surface area contributed by atoms with E-state index in [1.165, 1.54) is 18.4 Å². The van der Waals surface area contributed by atoms with Crippen LogP contribution in [0, 0.1) is 5.92 Å². The molecule has 4 rings (SSSR count). The summed E-state index contributed by atoms with van der Waals surface area (Å²) in [4.78, 5) is 15.4. The highest BCUT2D eigenvalue weighted by atomic mass is 32.2. The van der Waals surface area contributed by atoms with Crippen molar-refractivity contribution in [2.75, 3.05) is 33.7 Å². The molecule has 2 saturated heterocycles. The lowest BCUT2D eigenvalue weighted by atomic mass is 9.89. The fourth-order valence-corrected chi connectivity index (χ4v) is 7.51. The molecule has 1 unspecified atom stereocenters. The lowest BCUT2D eigenvalue weighted by Gasteiger charge is -2.41. The molecule has 2 heterocycles. The van der Waals surface area contributed by atoms with Crippen LogP contribution in [-0.2, 0) is 25.0 Å². The number of piperidine rings is 2. The molecular formula is C25H34N4O5S2. The molecule has 2 aliphatic heterocycles. The number of hydrogen-bond acceptors (Lipinski definition) is 5. The number of likely N-dealkylation sites (tertiary alicyclic amines) is 1. The molecule has 2 aromatic rings. The van der Waals surface area contributed by atoms with Gasteiger partial charge in [0.2, 0.25) is 15.9 Å². The summed E-state index contributed by atoms with van der Waals surface area (Å²) in [6.45, 7) is 0.982. The predicted molar refractivity (Wildman–Crippen MR) is 138 cm³/mol. The average molecular weight is 535 g/mol. The average Bonchev–Trinajstić information content (AvgIpc) is 2.89. The van der Waals surface area contributed by atoms with E-state index in [2.05, 4.69) is 4.72 Å². The van der Waals surface area contributed by atoms with Crippen LogP contribution >= 0.6 is 0 Å². The van der Waals surface area contributed by atoms with Gasteiger partial charge >= 0.3 is 0 Å². The molecule has 0 spiro atoms. The van der Waals surface area contributed by atoms with Gasteiger partial charge < -0.3 is 4.90 Å². The van der Waals surface area contributed by atoms with E-state index in [9.17, 15) is 21.6 Å². The molecule has 1 N–H and O–H groups in total. The molecule has 0 bridgehead atoms. The zero-order valence-corrected chi connectivity index (χ0v) is 22.3. The fourth-order valence-electron chi connectivity index (χ4n) is 4.93. The number of nitrogens with one attached hydrogen (secondary N) is 1. The highest BCUT2D eigenvalue weighted by Gasteiger charge is 2.41. The second kappa shape index (κ2) is 11.0. The van der Waals surface area contributed by atoms with Crippen molar-refractivity contribution in [1.82, 2.24) is 18.2 Å². The van der Waals surface area contributed by atoms with E-state index in [1.54, 1.807) is 35.2 Å². The molecule has 1 amide bonds. The SMILES string of the molecule is CN(C)S(=O)(=O)NC1CCN(C(=O)[C@@H]2CCC(c3ccccc3)N(S(=O)(=O)c3ccccc3)C2)CC1. The summed E-state index contributed by atoms with van der Waals surface area (Å²) in [5, 5.41) is 0. The summed E-state index contributed by atoms with van der Waals surface area (Å²) in [6.07, 6.45) is 2.17. The Morgan fingerprint density at radius 3 is 2.03 bits per heavy atom. The van der Waals surface area contributed by atoms with E-state index in [0.29, 0.717) is 38.8 Å². The topological polar surface area (TPSA) is 107 Å². The fraction of sp³-hybridized carbons (Fsp3) is 0.480. The van der Waals surface area contributed by atoms with Crippen LogP contribution in [0.1, 0.15) is 37.3 Å². The second-order valence-electron chi connectivity index (χ2n) is 9.59. The minimum atomic E-state index is -3.81. The van der Waals surface area contributed by atoms with Crippen molar-refractivity contribution in [1.29, 1.82) is 0 Å². The van der Waals surface area contributed by atoms with Gasteiger partial charge in [0.1, 0.15) is 0 Å². The van der Waals surface area contributed by atoms with Gasteiger partial charge in [-0.1, -0.05) is 48.5 Å². The zero-order valence-electron chi connectivity index (χ0n) is 20.7. The molecule has 196 valence electrons. The monoisotopic (exact) mass is 534 g/mol. The Morgan fingerprint density at radius 1 is 0.861 bits per heavy atom. The van der Waals surface area contributed by atoms with Gasteiger partial charge in [-0.15, -0.1) is 0 Å². The van der Waals surface area contributed by atoms with Crippen molar-refractivity contribution in [3.05, 3.63) is 66.2 Å². The Kier molecular flexibility index (Phi) is 8.15. The first kappa shape index (κ1) is 26.7. The molecule has 0 aliphatic carbocycles. The number of rotatable bonds is 7. The van der Waals surface area contributed by atoms with E-state index in [1.807, 2.05) is 30.3 Å². The van der Waals surface area contributed by atoms with Gasteiger partial charge in [0, 0.05) is 39.8 Å². The van der Waals surface area contributed by atoms with Crippen LogP contribution in [-0.4, -0.2) is 76.0 Å². The molecule has 2 fully saturated rings. The molecule has 2 aliphatic rings. The Balaban J connectivity index is 1.49. The van der Waals surface area contributed by atoms with Crippen molar-refractivity contribution < 1.29 is 21.6 Å². The van der Waals surface area contributed by atoms with Gasteiger partial charge in [-0.05, 0) is 43.4 Å². The smallest absolute Gasteiger partial charge is 0.279 e.